The summed E-state index contributed by atoms with van der Waals surface area (Å²) in [7, 11) is 1.66. The lowest BCUT2D eigenvalue weighted by molar-refractivity contribution is -0.130. The Morgan fingerprint density at radius 2 is 1.76 bits per heavy atom. The fourth-order valence-corrected chi connectivity index (χ4v) is 4.57. The van der Waals surface area contributed by atoms with Crippen LogP contribution in [0.1, 0.15) is 26.3 Å². The number of nitrogens with one attached hydrogen (secondary N) is 3. The number of amides is 3. The van der Waals surface area contributed by atoms with Gasteiger partial charge in [-0.1, -0.05) is 54.7 Å². The van der Waals surface area contributed by atoms with Gasteiger partial charge in [0.1, 0.15) is 17.9 Å². The van der Waals surface area contributed by atoms with E-state index in [-0.39, 0.29) is 34.0 Å². The van der Waals surface area contributed by atoms with Gasteiger partial charge in [-0.2, -0.15) is 0 Å². The van der Waals surface area contributed by atoms with Crippen LogP contribution < -0.4 is 20.9 Å². The molecule has 3 atom stereocenters. The predicted octanol–water partition coefficient (Wildman–Crippen LogP) is 3.69. The van der Waals surface area contributed by atoms with Gasteiger partial charge in [-0.15, -0.1) is 0 Å². The van der Waals surface area contributed by atoms with Gasteiger partial charge in [-0.05, 0) is 43.7 Å². The molecule has 3 N–H and O–H groups in total. The molecule has 11 heteroatoms. The molecule has 182 valence electrons. The summed E-state index contributed by atoms with van der Waals surface area (Å²) >= 11 is 18.4. The number of likely N-dealkylation sites (N-methyl/N-ethyl adjacent to an activating group) is 1. The maximum atomic E-state index is 13.7. The zero-order chi connectivity index (χ0) is 25.2. The van der Waals surface area contributed by atoms with Crippen molar-refractivity contribution < 1.29 is 14.4 Å². The fourth-order valence-electron chi connectivity index (χ4n) is 3.66. The molecule has 34 heavy (non-hydrogen) atoms. The van der Waals surface area contributed by atoms with E-state index in [0.29, 0.717) is 10.8 Å². The Morgan fingerprint density at radius 1 is 1.12 bits per heavy atom. The molecule has 1 aliphatic heterocycles. The quantitative estimate of drug-likeness (QED) is 0.511. The van der Waals surface area contributed by atoms with Gasteiger partial charge in [0.2, 0.25) is 11.8 Å². The van der Waals surface area contributed by atoms with E-state index in [1.165, 1.54) is 17.0 Å². The van der Waals surface area contributed by atoms with E-state index in [0.717, 1.165) is 5.56 Å². The van der Waals surface area contributed by atoms with Crippen molar-refractivity contribution in [2.24, 2.45) is 5.92 Å². The van der Waals surface area contributed by atoms with Gasteiger partial charge in [0.25, 0.3) is 5.91 Å². The highest BCUT2D eigenvalue weighted by Gasteiger charge is 2.43. The van der Waals surface area contributed by atoms with Crippen LogP contribution in [0.2, 0.25) is 15.1 Å². The van der Waals surface area contributed by atoms with Crippen molar-refractivity contribution in [3.8, 4) is 0 Å². The number of rotatable bonds is 7. The van der Waals surface area contributed by atoms with Gasteiger partial charge in [-0.25, -0.2) is 4.98 Å². The number of anilines is 2. The summed E-state index contributed by atoms with van der Waals surface area (Å²) in [6, 6.07) is 4.20. The Balaban J connectivity index is 1.94. The van der Waals surface area contributed by atoms with Crippen molar-refractivity contribution in [1.82, 2.24) is 15.6 Å². The highest BCUT2D eigenvalue weighted by atomic mass is 35.5. The molecule has 0 spiro atoms. The Morgan fingerprint density at radius 3 is 2.35 bits per heavy atom. The summed E-state index contributed by atoms with van der Waals surface area (Å²) in [6.07, 6.45) is 1.80. The first-order chi connectivity index (χ1) is 16.0. The van der Waals surface area contributed by atoms with Crippen LogP contribution in [-0.4, -0.2) is 47.9 Å². The average Bonchev–Trinajstić information content (AvgIpc) is 3.18. The fraction of sp³-hybridized carbons (Fsp3) is 0.391. The standard InChI is InChI=1S/C23H26Cl3N5O3/c1-11(2)18(29-21(32)12(3)27-4)23(34)31-17(8-13-6-5-7-28-20(13)31)22(33)30-19-15(25)9-14(24)10-16(19)26/h5-7,9-12,17-18,27H,8H2,1-4H3,(H,29,32)(H,30,33). The van der Waals surface area contributed by atoms with Gasteiger partial charge in [0.15, 0.2) is 0 Å². The molecule has 0 saturated carbocycles. The second kappa shape index (κ2) is 10.9. The maximum Gasteiger partial charge on any atom is 0.251 e. The van der Waals surface area contributed by atoms with Crippen molar-refractivity contribution in [1.29, 1.82) is 0 Å². The van der Waals surface area contributed by atoms with Gasteiger partial charge in [0.05, 0.1) is 21.8 Å². The summed E-state index contributed by atoms with van der Waals surface area (Å²) in [5.41, 5.74) is 0.937. The van der Waals surface area contributed by atoms with E-state index >= 15 is 0 Å². The van der Waals surface area contributed by atoms with Crippen LogP contribution in [0, 0.1) is 5.92 Å². The van der Waals surface area contributed by atoms with Crippen LogP contribution in [0.4, 0.5) is 11.5 Å². The topological polar surface area (TPSA) is 103 Å². The first kappa shape index (κ1) is 26.2. The molecule has 3 unspecified atom stereocenters. The van der Waals surface area contributed by atoms with Crippen molar-refractivity contribution in [3.05, 3.63) is 51.1 Å². The molecule has 0 bridgehead atoms. The smallest absolute Gasteiger partial charge is 0.251 e. The predicted molar refractivity (Wildman–Crippen MR) is 135 cm³/mol. The van der Waals surface area contributed by atoms with E-state index in [2.05, 4.69) is 20.9 Å². The molecule has 1 aromatic heterocycles. The summed E-state index contributed by atoms with van der Waals surface area (Å²) in [4.78, 5) is 45.3. The zero-order valence-corrected chi connectivity index (χ0v) is 21.4. The van der Waals surface area contributed by atoms with E-state index in [4.69, 9.17) is 34.8 Å². The number of hydrogen-bond acceptors (Lipinski definition) is 5. The molecule has 1 aromatic carbocycles. The molecule has 0 saturated heterocycles. The molecule has 3 amide bonds. The van der Waals surface area contributed by atoms with Crippen LogP contribution in [0.3, 0.4) is 0 Å². The second-order valence-corrected chi connectivity index (χ2v) is 9.64. The monoisotopic (exact) mass is 525 g/mol. The largest absolute Gasteiger partial charge is 0.343 e. The normalized spacial score (nSPS) is 16.7. The number of aromatic nitrogens is 1. The molecule has 0 fully saturated rings. The molecule has 0 radical (unpaired) electrons. The van der Waals surface area contributed by atoms with Crippen molar-refractivity contribution in [2.45, 2.75) is 45.3 Å². The molecule has 0 aliphatic carbocycles. The highest BCUT2D eigenvalue weighted by Crippen LogP contribution is 2.36. The van der Waals surface area contributed by atoms with Crippen LogP contribution in [0.25, 0.3) is 0 Å². The number of fused-ring (bicyclic) bond motifs is 1. The number of hydrogen-bond donors (Lipinski definition) is 3. The van der Waals surface area contributed by atoms with Gasteiger partial charge >= 0.3 is 0 Å². The lowest BCUT2D eigenvalue weighted by Gasteiger charge is -2.31. The van der Waals surface area contributed by atoms with E-state index in [9.17, 15) is 14.4 Å². The lowest BCUT2D eigenvalue weighted by atomic mass is 10.0. The molecular weight excluding hydrogens is 501 g/mol. The number of carbonyl (C=O) groups is 3. The third-order valence-electron chi connectivity index (χ3n) is 5.67. The summed E-state index contributed by atoms with van der Waals surface area (Å²) in [5.74, 6) is -1.11. The highest BCUT2D eigenvalue weighted by molar-refractivity contribution is 6.42. The van der Waals surface area contributed by atoms with Gasteiger partial charge < -0.3 is 16.0 Å². The molecule has 2 heterocycles. The minimum absolute atomic E-state index is 0.172. The molecule has 2 aromatic rings. The number of carbonyl (C=O) groups excluding carboxylic acids is 3. The Labute approximate surface area is 213 Å². The maximum absolute atomic E-state index is 13.7. The number of pyridine rings is 1. The molecule has 3 rings (SSSR count). The molecular formula is C23H26Cl3N5O3. The van der Waals surface area contributed by atoms with Crippen molar-refractivity contribution in [2.75, 3.05) is 17.3 Å². The number of halogens is 3. The number of benzene rings is 1. The Kier molecular flexibility index (Phi) is 8.41. The van der Waals surface area contributed by atoms with E-state index in [1.54, 1.807) is 26.2 Å². The van der Waals surface area contributed by atoms with Crippen LogP contribution in [-0.2, 0) is 20.8 Å². The Hall–Kier alpha value is -2.39. The molecule has 8 nitrogen and oxygen atoms in total. The van der Waals surface area contributed by atoms with Crippen molar-refractivity contribution >= 4 is 64.0 Å². The summed E-state index contributed by atoms with van der Waals surface area (Å²) < 4.78 is 0. The third-order valence-corrected chi connectivity index (χ3v) is 6.49. The molecule has 1 aliphatic rings. The van der Waals surface area contributed by atoms with Crippen LogP contribution in [0.15, 0.2) is 30.5 Å². The Bertz CT molecular complexity index is 1090. The minimum Gasteiger partial charge on any atom is -0.343 e. The zero-order valence-electron chi connectivity index (χ0n) is 19.2. The second-order valence-electron chi connectivity index (χ2n) is 8.39. The van der Waals surface area contributed by atoms with Gasteiger partial charge in [0, 0.05) is 17.6 Å². The van der Waals surface area contributed by atoms with Gasteiger partial charge in [-0.3, -0.25) is 19.3 Å². The SMILES string of the molecule is CNC(C)C(=O)NC(C(=O)N1c2ncccc2CC1C(=O)Nc1c(Cl)cc(Cl)cc1Cl)C(C)C. The lowest BCUT2D eigenvalue weighted by Crippen LogP contribution is -2.57. The average molecular weight is 527 g/mol. The first-order valence-electron chi connectivity index (χ1n) is 10.7. The van der Waals surface area contributed by atoms with Crippen LogP contribution in [0.5, 0.6) is 0 Å². The first-order valence-corrected chi connectivity index (χ1v) is 11.9. The van der Waals surface area contributed by atoms with E-state index < -0.39 is 29.9 Å². The summed E-state index contributed by atoms with van der Waals surface area (Å²) in [6.45, 7) is 5.34. The van der Waals surface area contributed by atoms with Crippen LogP contribution >= 0.6 is 34.8 Å². The van der Waals surface area contributed by atoms with Crippen molar-refractivity contribution in [3.63, 3.8) is 0 Å². The third kappa shape index (κ3) is 5.46. The van der Waals surface area contributed by atoms with E-state index in [1.807, 2.05) is 19.9 Å². The summed E-state index contributed by atoms with van der Waals surface area (Å²) in [5, 5.41) is 9.05. The number of nitrogens with zero attached hydrogens (tertiary/aromatic N) is 2. The minimum atomic E-state index is -0.917.